The van der Waals surface area contributed by atoms with Crippen LogP contribution in [0.3, 0.4) is 0 Å². The Bertz CT molecular complexity index is 596. The fraction of sp³-hybridized carbons (Fsp3) is 0.0769. The third-order valence-electron chi connectivity index (χ3n) is 2.46. The van der Waals surface area contributed by atoms with Gasteiger partial charge in [0.25, 0.3) is 0 Å². The molecule has 0 spiro atoms. The summed E-state index contributed by atoms with van der Waals surface area (Å²) in [5.74, 6) is -1.95. The predicted molar refractivity (Wildman–Crippen MR) is 72.8 cm³/mol. The van der Waals surface area contributed by atoms with Crippen molar-refractivity contribution in [2.45, 2.75) is 6.54 Å². The lowest BCUT2D eigenvalue weighted by atomic mass is 10.2. The Kier molecular flexibility index (Phi) is 4.37. The normalized spacial score (nSPS) is 10.6. The quantitative estimate of drug-likeness (QED) is 0.809. The van der Waals surface area contributed by atoms with Gasteiger partial charge in [0.1, 0.15) is 11.6 Å². The summed E-state index contributed by atoms with van der Waals surface area (Å²) in [6.45, 7) is 0.173. The summed E-state index contributed by atoms with van der Waals surface area (Å²) in [5.41, 5.74) is 0.604. The van der Waals surface area contributed by atoms with E-state index in [4.69, 9.17) is 11.6 Å². The highest BCUT2D eigenvalue weighted by molar-refractivity contribution is 9.10. The van der Waals surface area contributed by atoms with Gasteiger partial charge in [0.05, 0.1) is 15.2 Å². The second kappa shape index (κ2) is 5.84. The minimum atomic E-state index is -0.789. The number of nitrogens with one attached hydrogen (secondary N) is 1. The number of anilines is 1. The van der Waals surface area contributed by atoms with Crippen LogP contribution in [0, 0.1) is 17.5 Å². The summed E-state index contributed by atoms with van der Waals surface area (Å²) in [6, 6.07) is 6.28. The maximum atomic E-state index is 13.5. The molecule has 0 unspecified atom stereocenters. The van der Waals surface area contributed by atoms with E-state index >= 15 is 0 Å². The molecular formula is C13H8BrClF3N. The van der Waals surface area contributed by atoms with Gasteiger partial charge in [-0.1, -0.05) is 17.7 Å². The Balaban J connectivity index is 2.16. The molecule has 0 aliphatic rings. The van der Waals surface area contributed by atoms with E-state index < -0.39 is 17.5 Å². The van der Waals surface area contributed by atoms with Crippen molar-refractivity contribution < 1.29 is 13.2 Å². The topological polar surface area (TPSA) is 12.0 Å². The zero-order valence-corrected chi connectivity index (χ0v) is 11.8. The van der Waals surface area contributed by atoms with Gasteiger partial charge >= 0.3 is 0 Å². The first-order valence-corrected chi connectivity index (χ1v) is 6.47. The lowest BCUT2D eigenvalue weighted by molar-refractivity contribution is 0.585. The molecule has 0 fully saturated rings. The molecular weight excluding hydrogens is 343 g/mol. The monoisotopic (exact) mass is 349 g/mol. The molecule has 0 radical (unpaired) electrons. The van der Waals surface area contributed by atoms with Gasteiger partial charge < -0.3 is 5.32 Å². The van der Waals surface area contributed by atoms with Crippen molar-refractivity contribution in [3.8, 4) is 0 Å². The first-order chi connectivity index (χ1) is 8.97. The van der Waals surface area contributed by atoms with E-state index in [-0.39, 0.29) is 17.3 Å². The summed E-state index contributed by atoms with van der Waals surface area (Å²) in [5, 5.41) is 2.66. The number of hydrogen-bond acceptors (Lipinski definition) is 1. The van der Waals surface area contributed by atoms with Crippen LogP contribution >= 0.6 is 27.5 Å². The molecule has 2 rings (SSSR count). The molecule has 0 bridgehead atoms. The molecule has 2 aromatic rings. The van der Waals surface area contributed by atoms with E-state index in [1.54, 1.807) is 12.1 Å². The average Bonchev–Trinajstić information content (AvgIpc) is 2.32. The lowest BCUT2D eigenvalue weighted by Gasteiger charge is -2.10. The molecule has 0 heterocycles. The maximum absolute atomic E-state index is 13.5. The van der Waals surface area contributed by atoms with Crippen LogP contribution in [0.4, 0.5) is 18.9 Å². The second-order valence-corrected chi connectivity index (χ2v) is 5.11. The summed E-state index contributed by atoms with van der Waals surface area (Å²) in [4.78, 5) is 0. The first-order valence-electron chi connectivity index (χ1n) is 5.29. The minimum Gasteiger partial charge on any atom is -0.377 e. The van der Waals surface area contributed by atoms with Gasteiger partial charge in [-0.3, -0.25) is 0 Å². The number of halogens is 5. The SMILES string of the molecule is Fc1cc(F)c(NCc2ccc(Br)c(F)c2)c(Cl)c1. The molecule has 1 nitrogen and oxygen atoms in total. The molecule has 1 N–H and O–H groups in total. The molecule has 0 aromatic heterocycles. The van der Waals surface area contributed by atoms with Gasteiger partial charge in [-0.15, -0.1) is 0 Å². The molecule has 0 atom stereocenters. The van der Waals surface area contributed by atoms with Gasteiger partial charge in [0, 0.05) is 12.6 Å². The van der Waals surface area contributed by atoms with Crippen LogP contribution in [-0.2, 0) is 6.54 Å². The van der Waals surface area contributed by atoms with E-state index in [1.165, 1.54) is 6.07 Å². The standard InChI is InChI=1S/C13H8BrClF3N/c14-9-2-1-7(3-11(9)17)6-19-13-10(15)4-8(16)5-12(13)18/h1-5,19H,6H2. The van der Waals surface area contributed by atoms with E-state index in [9.17, 15) is 13.2 Å². The van der Waals surface area contributed by atoms with Gasteiger partial charge in [0.15, 0.2) is 5.82 Å². The van der Waals surface area contributed by atoms with Crippen LogP contribution in [0.15, 0.2) is 34.8 Å². The van der Waals surface area contributed by atoms with Gasteiger partial charge in [-0.05, 0) is 39.7 Å². The molecule has 0 saturated carbocycles. The van der Waals surface area contributed by atoms with E-state index in [2.05, 4.69) is 21.2 Å². The summed E-state index contributed by atoms with van der Waals surface area (Å²) in [6.07, 6.45) is 0. The van der Waals surface area contributed by atoms with Crippen molar-refractivity contribution in [2.24, 2.45) is 0 Å². The van der Waals surface area contributed by atoms with Crippen LogP contribution in [0.1, 0.15) is 5.56 Å². The number of benzene rings is 2. The molecule has 19 heavy (non-hydrogen) atoms. The van der Waals surface area contributed by atoms with Crippen LogP contribution in [-0.4, -0.2) is 0 Å². The van der Waals surface area contributed by atoms with Crippen LogP contribution in [0.25, 0.3) is 0 Å². The Hall–Kier alpha value is -1.20. The minimum absolute atomic E-state index is 0.00797. The maximum Gasteiger partial charge on any atom is 0.150 e. The van der Waals surface area contributed by atoms with E-state index in [1.807, 2.05) is 0 Å². The third kappa shape index (κ3) is 3.42. The summed E-state index contributed by atoms with van der Waals surface area (Å²) in [7, 11) is 0. The lowest BCUT2D eigenvalue weighted by Crippen LogP contribution is -2.03. The predicted octanol–water partition coefficient (Wildman–Crippen LogP) is 5.13. The zero-order chi connectivity index (χ0) is 14.0. The molecule has 0 amide bonds. The Labute approximate surface area is 121 Å². The van der Waals surface area contributed by atoms with Crippen molar-refractivity contribution >= 4 is 33.2 Å². The third-order valence-corrected chi connectivity index (χ3v) is 3.40. The molecule has 2 aromatic carbocycles. The molecule has 0 saturated heterocycles. The van der Waals surface area contributed by atoms with E-state index in [0.717, 1.165) is 12.1 Å². The highest BCUT2D eigenvalue weighted by atomic mass is 79.9. The highest BCUT2D eigenvalue weighted by Crippen LogP contribution is 2.27. The van der Waals surface area contributed by atoms with Crippen molar-refractivity contribution in [1.29, 1.82) is 0 Å². The van der Waals surface area contributed by atoms with Gasteiger partial charge in [-0.2, -0.15) is 0 Å². The van der Waals surface area contributed by atoms with Crippen LogP contribution in [0.5, 0.6) is 0 Å². The molecule has 6 heteroatoms. The Morgan fingerprint density at radius 2 is 1.79 bits per heavy atom. The van der Waals surface area contributed by atoms with Crippen LogP contribution in [0.2, 0.25) is 5.02 Å². The van der Waals surface area contributed by atoms with Crippen molar-refractivity contribution in [1.82, 2.24) is 0 Å². The largest absolute Gasteiger partial charge is 0.377 e. The highest BCUT2D eigenvalue weighted by Gasteiger charge is 2.10. The Morgan fingerprint density at radius 3 is 2.42 bits per heavy atom. The average molecular weight is 351 g/mol. The first kappa shape index (κ1) is 14.2. The smallest absolute Gasteiger partial charge is 0.150 e. The van der Waals surface area contributed by atoms with Crippen molar-refractivity contribution in [2.75, 3.05) is 5.32 Å². The number of rotatable bonds is 3. The molecule has 100 valence electrons. The molecule has 0 aliphatic heterocycles. The Morgan fingerprint density at radius 1 is 1.05 bits per heavy atom. The summed E-state index contributed by atoms with van der Waals surface area (Å²) >= 11 is 8.77. The fourth-order valence-corrected chi connectivity index (χ4v) is 2.06. The fourth-order valence-electron chi connectivity index (χ4n) is 1.55. The van der Waals surface area contributed by atoms with Crippen molar-refractivity contribution in [3.63, 3.8) is 0 Å². The summed E-state index contributed by atoms with van der Waals surface area (Å²) < 4.78 is 40.0. The molecule has 0 aliphatic carbocycles. The van der Waals surface area contributed by atoms with E-state index in [0.29, 0.717) is 10.0 Å². The second-order valence-electron chi connectivity index (χ2n) is 3.85. The number of hydrogen-bond donors (Lipinski definition) is 1. The van der Waals surface area contributed by atoms with Gasteiger partial charge in [0.2, 0.25) is 0 Å². The van der Waals surface area contributed by atoms with Gasteiger partial charge in [-0.25, -0.2) is 13.2 Å². The van der Waals surface area contributed by atoms with Crippen LogP contribution < -0.4 is 5.32 Å². The zero-order valence-electron chi connectivity index (χ0n) is 9.48. The van der Waals surface area contributed by atoms with Crippen molar-refractivity contribution in [3.05, 3.63) is 62.8 Å².